The van der Waals surface area contributed by atoms with Crippen molar-refractivity contribution >= 4 is 21.8 Å². The van der Waals surface area contributed by atoms with E-state index in [1.54, 1.807) is 0 Å². The molecule has 2 heterocycles. The lowest BCUT2D eigenvalue weighted by atomic mass is 10.1. The monoisotopic (exact) mass is 295 g/mol. The van der Waals surface area contributed by atoms with Crippen LogP contribution in [-0.4, -0.2) is 9.97 Å². The van der Waals surface area contributed by atoms with Gasteiger partial charge >= 0.3 is 0 Å². The summed E-state index contributed by atoms with van der Waals surface area (Å²) in [6.45, 7) is 1.99. The maximum Gasteiger partial charge on any atom is 0.0991 e. The average Bonchev–Trinajstić information content (AvgIpc) is 2.61. The van der Waals surface area contributed by atoms with Gasteiger partial charge in [0.1, 0.15) is 0 Å². The van der Waals surface area contributed by atoms with Gasteiger partial charge in [0.15, 0.2) is 0 Å². The molecule has 0 spiro atoms. The van der Waals surface area contributed by atoms with Crippen molar-refractivity contribution in [2.45, 2.75) is 6.92 Å². The van der Waals surface area contributed by atoms with Crippen LogP contribution < -0.4 is 0 Å². The van der Waals surface area contributed by atoms with Crippen molar-refractivity contribution in [3.63, 3.8) is 0 Å². The standard InChI is InChI=1S/C20H13N3/c1-13-2-5-16-8-9-17-10-11-18(23-20(17)19(16)22-13)15-6-3-14(12-21)4-7-15/h2-11H,1H3. The molecule has 0 atom stereocenters. The molecule has 108 valence electrons. The second-order valence-electron chi connectivity index (χ2n) is 5.55. The second-order valence-corrected chi connectivity index (χ2v) is 5.55. The van der Waals surface area contributed by atoms with Gasteiger partial charge in [-0.25, -0.2) is 4.98 Å². The fourth-order valence-electron chi connectivity index (χ4n) is 2.74. The zero-order valence-corrected chi connectivity index (χ0v) is 12.6. The molecule has 0 saturated heterocycles. The average molecular weight is 295 g/mol. The zero-order valence-electron chi connectivity index (χ0n) is 12.6. The Morgan fingerprint density at radius 3 is 2.04 bits per heavy atom. The van der Waals surface area contributed by atoms with Crippen LogP contribution in [0.5, 0.6) is 0 Å². The lowest BCUT2D eigenvalue weighted by molar-refractivity contribution is 1.25. The van der Waals surface area contributed by atoms with Crippen LogP contribution in [-0.2, 0) is 0 Å². The first kappa shape index (κ1) is 13.4. The van der Waals surface area contributed by atoms with Crippen LogP contribution in [0.25, 0.3) is 33.1 Å². The smallest absolute Gasteiger partial charge is 0.0991 e. The number of pyridine rings is 2. The SMILES string of the molecule is Cc1ccc2ccc3ccc(-c4ccc(C#N)cc4)nc3c2n1. The number of fused-ring (bicyclic) bond motifs is 3. The van der Waals surface area contributed by atoms with Crippen LogP contribution in [0.1, 0.15) is 11.3 Å². The Bertz CT molecular complexity index is 1070. The van der Waals surface area contributed by atoms with Crippen molar-refractivity contribution in [2.75, 3.05) is 0 Å². The number of hydrogen-bond donors (Lipinski definition) is 0. The summed E-state index contributed by atoms with van der Waals surface area (Å²) in [5.74, 6) is 0. The molecule has 0 aliphatic heterocycles. The minimum absolute atomic E-state index is 0.650. The Morgan fingerprint density at radius 2 is 1.35 bits per heavy atom. The summed E-state index contributed by atoms with van der Waals surface area (Å²) in [5.41, 5.74) is 5.35. The Labute approximate surface area is 133 Å². The summed E-state index contributed by atoms with van der Waals surface area (Å²) in [4.78, 5) is 9.49. The predicted molar refractivity (Wildman–Crippen MR) is 91.9 cm³/mol. The fourth-order valence-corrected chi connectivity index (χ4v) is 2.74. The molecule has 4 aromatic rings. The van der Waals surface area contributed by atoms with E-state index in [2.05, 4.69) is 35.3 Å². The van der Waals surface area contributed by atoms with E-state index in [9.17, 15) is 0 Å². The lowest BCUT2D eigenvalue weighted by Crippen LogP contribution is -1.90. The van der Waals surface area contributed by atoms with E-state index in [0.717, 1.165) is 38.8 Å². The van der Waals surface area contributed by atoms with Crippen molar-refractivity contribution in [3.8, 4) is 17.3 Å². The molecule has 0 radical (unpaired) electrons. The maximum absolute atomic E-state index is 8.91. The van der Waals surface area contributed by atoms with Gasteiger partial charge in [-0.1, -0.05) is 36.4 Å². The first-order valence-electron chi connectivity index (χ1n) is 7.42. The Balaban J connectivity index is 1.96. The number of aromatic nitrogens is 2. The summed E-state index contributed by atoms with van der Waals surface area (Å²) < 4.78 is 0. The highest BCUT2D eigenvalue weighted by Gasteiger charge is 2.07. The Kier molecular flexibility index (Phi) is 3.03. The first-order chi connectivity index (χ1) is 11.2. The van der Waals surface area contributed by atoms with E-state index >= 15 is 0 Å². The summed E-state index contributed by atoms with van der Waals surface area (Å²) in [5, 5.41) is 11.1. The van der Waals surface area contributed by atoms with E-state index in [-0.39, 0.29) is 0 Å². The zero-order chi connectivity index (χ0) is 15.8. The molecule has 0 bridgehead atoms. The fraction of sp³-hybridized carbons (Fsp3) is 0.0500. The van der Waals surface area contributed by atoms with Crippen molar-refractivity contribution in [3.05, 3.63) is 71.9 Å². The highest BCUT2D eigenvalue weighted by molar-refractivity contribution is 6.03. The molecule has 0 fully saturated rings. The third kappa shape index (κ3) is 2.31. The molecule has 0 unspecified atom stereocenters. The van der Waals surface area contributed by atoms with Crippen LogP contribution >= 0.6 is 0 Å². The molecule has 0 N–H and O–H groups in total. The number of hydrogen-bond acceptors (Lipinski definition) is 3. The number of aryl methyl sites for hydroxylation is 1. The minimum atomic E-state index is 0.650. The van der Waals surface area contributed by atoms with Gasteiger partial charge in [-0.3, -0.25) is 4.98 Å². The molecule has 0 saturated carbocycles. The molecule has 3 heteroatoms. The summed E-state index contributed by atoms with van der Waals surface area (Å²) in [6.07, 6.45) is 0. The lowest BCUT2D eigenvalue weighted by Gasteiger charge is -2.06. The molecule has 0 aliphatic carbocycles. The quantitative estimate of drug-likeness (QED) is 0.481. The third-order valence-electron chi connectivity index (χ3n) is 3.97. The van der Waals surface area contributed by atoms with Crippen LogP contribution in [0.2, 0.25) is 0 Å². The second kappa shape index (κ2) is 5.19. The number of rotatable bonds is 1. The third-order valence-corrected chi connectivity index (χ3v) is 3.97. The Morgan fingerprint density at radius 1 is 0.739 bits per heavy atom. The molecule has 23 heavy (non-hydrogen) atoms. The van der Waals surface area contributed by atoms with Gasteiger partial charge in [0.05, 0.1) is 28.4 Å². The van der Waals surface area contributed by atoms with E-state index in [4.69, 9.17) is 10.2 Å². The van der Waals surface area contributed by atoms with Crippen LogP contribution in [0.15, 0.2) is 60.7 Å². The molecule has 2 aromatic heterocycles. The van der Waals surface area contributed by atoms with Gasteiger partial charge in [0.25, 0.3) is 0 Å². The van der Waals surface area contributed by atoms with Gasteiger partial charge in [-0.15, -0.1) is 0 Å². The maximum atomic E-state index is 8.91. The van der Waals surface area contributed by atoms with Gasteiger partial charge in [0.2, 0.25) is 0 Å². The molecule has 4 rings (SSSR count). The highest BCUT2D eigenvalue weighted by Crippen LogP contribution is 2.26. The number of nitrogens with zero attached hydrogens (tertiary/aromatic N) is 3. The molecule has 0 aliphatic rings. The Hall–Kier alpha value is -3.25. The highest BCUT2D eigenvalue weighted by atomic mass is 14.8. The van der Waals surface area contributed by atoms with Crippen molar-refractivity contribution < 1.29 is 0 Å². The summed E-state index contributed by atoms with van der Waals surface area (Å²) in [6, 6.07) is 21.9. The van der Waals surface area contributed by atoms with Gasteiger partial charge in [-0.2, -0.15) is 5.26 Å². The number of nitriles is 1. The molecule has 2 aromatic carbocycles. The molecular formula is C20H13N3. The molecule has 0 amide bonds. The van der Waals surface area contributed by atoms with E-state index < -0.39 is 0 Å². The van der Waals surface area contributed by atoms with Crippen molar-refractivity contribution in [1.82, 2.24) is 9.97 Å². The van der Waals surface area contributed by atoms with Crippen molar-refractivity contribution in [2.24, 2.45) is 0 Å². The van der Waals surface area contributed by atoms with Crippen molar-refractivity contribution in [1.29, 1.82) is 5.26 Å². The first-order valence-corrected chi connectivity index (χ1v) is 7.42. The van der Waals surface area contributed by atoms with Crippen LogP contribution in [0.4, 0.5) is 0 Å². The van der Waals surface area contributed by atoms with Gasteiger partial charge < -0.3 is 0 Å². The normalized spacial score (nSPS) is 10.8. The summed E-state index contributed by atoms with van der Waals surface area (Å²) in [7, 11) is 0. The predicted octanol–water partition coefficient (Wildman–Crippen LogP) is 4.63. The van der Waals surface area contributed by atoms with E-state index in [0.29, 0.717) is 5.56 Å². The summed E-state index contributed by atoms with van der Waals surface area (Å²) >= 11 is 0. The van der Waals surface area contributed by atoms with E-state index in [1.165, 1.54) is 0 Å². The number of benzene rings is 2. The largest absolute Gasteiger partial charge is 0.251 e. The van der Waals surface area contributed by atoms with Gasteiger partial charge in [0, 0.05) is 22.0 Å². The molecular weight excluding hydrogens is 282 g/mol. The van der Waals surface area contributed by atoms with E-state index in [1.807, 2.05) is 43.3 Å². The topological polar surface area (TPSA) is 49.6 Å². The minimum Gasteiger partial charge on any atom is -0.251 e. The van der Waals surface area contributed by atoms with Crippen LogP contribution in [0.3, 0.4) is 0 Å². The van der Waals surface area contributed by atoms with Gasteiger partial charge in [-0.05, 0) is 31.2 Å². The molecule has 3 nitrogen and oxygen atoms in total. The van der Waals surface area contributed by atoms with Crippen LogP contribution in [0, 0.1) is 18.3 Å².